The molecule has 2 unspecified atom stereocenters. The molecule has 1 amide bonds. The van der Waals surface area contributed by atoms with Crippen LogP contribution in [0.3, 0.4) is 0 Å². The summed E-state index contributed by atoms with van der Waals surface area (Å²) in [6.45, 7) is 0.285. The van der Waals surface area contributed by atoms with Gasteiger partial charge >= 0.3 is 5.97 Å². The van der Waals surface area contributed by atoms with Gasteiger partial charge in [-0.3, -0.25) is 4.79 Å². The minimum absolute atomic E-state index is 0.247. The van der Waals surface area contributed by atoms with Crippen molar-refractivity contribution in [2.45, 2.75) is 18.6 Å². The lowest BCUT2D eigenvalue weighted by Crippen LogP contribution is -2.40. The summed E-state index contributed by atoms with van der Waals surface area (Å²) in [7, 11) is 1.52. The number of likely N-dealkylation sites (tertiary alicyclic amines) is 1. The van der Waals surface area contributed by atoms with Crippen molar-refractivity contribution < 1.29 is 19.4 Å². The highest BCUT2D eigenvalue weighted by molar-refractivity contribution is 5.97. The van der Waals surface area contributed by atoms with Crippen molar-refractivity contribution in [2.24, 2.45) is 0 Å². The number of nitrogens with zero attached hydrogens (tertiary/aromatic N) is 3. The van der Waals surface area contributed by atoms with Gasteiger partial charge in [-0.2, -0.15) is 5.10 Å². The van der Waals surface area contributed by atoms with Crippen LogP contribution < -0.4 is 0 Å². The van der Waals surface area contributed by atoms with Gasteiger partial charge in [0.15, 0.2) is 0 Å². The molecule has 120 valence electrons. The zero-order chi connectivity index (χ0) is 16.4. The summed E-state index contributed by atoms with van der Waals surface area (Å²) in [5, 5.41) is 13.4. The van der Waals surface area contributed by atoms with Crippen molar-refractivity contribution in [3.8, 4) is 5.69 Å². The maximum Gasteiger partial charge on any atom is 0.326 e. The molecule has 0 saturated carbocycles. The molecule has 23 heavy (non-hydrogen) atoms. The van der Waals surface area contributed by atoms with Gasteiger partial charge in [-0.05, 0) is 30.3 Å². The third-order valence-corrected chi connectivity index (χ3v) is 4.03. The van der Waals surface area contributed by atoms with E-state index in [0.717, 1.165) is 5.69 Å². The molecule has 2 aromatic rings. The fourth-order valence-corrected chi connectivity index (χ4v) is 2.77. The van der Waals surface area contributed by atoms with Gasteiger partial charge < -0.3 is 14.7 Å². The third kappa shape index (κ3) is 2.95. The number of carbonyl (C=O) groups excluding carboxylic acids is 1. The van der Waals surface area contributed by atoms with Crippen molar-refractivity contribution in [3.63, 3.8) is 0 Å². The van der Waals surface area contributed by atoms with Crippen molar-refractivity contribution in [1.29, 1.82) is 0 Å². The molecule has 7 nitrogen and oxygen atoms in total. The van der Waals surface area contributed by atoms with Crippen LogP contribution in [0.4, 0.5) is 0 Å². The van der Waals surface area contributed by atoms with Crippen LogP contribution in [0.1, 0.15) is 16.8 Å². The Morgan fingerprint density at radius 1 is 1.30 bits per heavy atom. The number of rotatable bonds is 4. The first kappa shape index (κ1) is 15.2. The first-order valence-electron chi connectivity index (χ1n) is 7.27. The summed E-state index contributed by atoms with van der Waals surface area (Å²) in [6, 6.07) is 7.88. The largest absolute Gasteiger partial charge is 0.480 e. The van der Waals surface area contributed by atoms with Crippen LogP contribution in [-0.2, 0) is 9.53 Å². The maximum atomic E-state index is 12.6. The van der Waals surface area contributed by atoms with E-state index in [2.05, 4.69) is 5.10 Å². The van der Waals surface area contributed by atoms with Crippen LogP contribution in [0.25, 0.3) is 5.69 Å². The molecule has 0 bridgehead atoms. The molecule has 1 saturated heterocycles. The number of hydrogen-bond donors (Lipinski definition) is 1. The van der Waals surface area contributed by atoms with Gasteiger partial charge in [-0.15, -0.1) is 0 Å². The smallest absolute Gasteiger partial charge is 0.326 e. The van der Waals surface area contributed by atoms with Crippen molar-refractivity contribution >= 4 is 11.9 Å². The lowest BCUT2D eigenvalue weighted by Gasteiger charge is -2.21. The number of aromatic nitrogens is 2. The fourth-order valence-electron chi connectivity index (χ4n) is 2.77. The van der Waals surface area contributed by atoms with Gasteiger partial charge in [0.1, 0.15) is 6.04 Å². The number of carboxylic acid groups (broad SMARTS) is 1. The number of aliphatic carboxylic acids is 1. The van der Waals surface area contributed by atoms with Crippen LogP contribution in [0.2, 0.25) is 0 Å². The van der Waals surface area contributed by atoms with E-state index < -0.39 is 12.0 Å². The number of ether oxygens (including phenoxy) is 1. The Balaban J connectivity index is 1.80. The monoisotopic (exact) mass is 315 g/mol. The summed E-state index contributed by atoms with van der Waals surface area (Å²) in [4.78, 5) is 25.3. The molecule has 1 aromatic heterocycles. The van der Waals surface area contributed by atoms with Crippen LogP contribution in [0.5, 0.6) is 0 Å². The zero-order valence-electron chi connectivity index (χ0n) is 12.6. The van der Waals surface area contributed by atoms with Gasteiger partial charge in [0, 0.05) is 38.0 Å². The lowest BCUT2D eigenvalue weighted by atomic mass is 10.1. The Morgan fingerprint density at radius 2 is 2.04 bits per heavy atom. The molecule has 7 heteroatoms. The minimum atomic E-state index is -1.01. The second-order valence-corrected chi connectivity index (χ2v) is 5.40. The highest BCUT2D eigenvalue weighted by atomic mass is 16.5. The van der Waals surface area contributed by atoms with Crippen LogP contribution in [-0.4, -0.2) is 57.5 Å². The van der Waals surface area contributed by atoms with Crippen molar-refractivity contribution in [2.75, 3.05) is 13.7 Å². The van der Waals surface area contributed by atoms with Gasteiger partial charge in [-0.25, -0.2) is 9.48 Å². The molecule has 0 spiro atoms. The Hall–Kier alpha value is -2.67. The Kier molecular flexibility index (Phi) is 4.12. The summed E-state index contributed by atoms with van der Waals surface area (Å²) in [5.74, 6) is -1.31. The van der Waals surface area contributed by atoms with Gasteiger partial charge in [0.05, 0.1) is 11.8 Å². The average Bonchev–Trinajstić information content (AvgIpc) is 3.23. The fraction of sp³-hybridized carbons (Fsp3) is 0.312. The van der Waals surface area contributed by atoms with E-state index in [0.29, 0.717) is 12.0 Å². The Bertz CT molecular complexity index is 697. The number of hydrogen-bond acceptors (Lipinski definition) is 4. The summed E-state index contributed by atoms with van der Waals surface area (Å²) >= 11 is 0. The molecule has 1 aliphatic heterocycles. The van der Waals surface area contributed by atoms with Gasteiger partial charge in [0.2, 0.25) is 0 Å². The molecule has 1 fully saturated rings. The predicted molar refractivity (Wildman–Crippen MR) is 81.4 cm³/mol. The van der Waals surface area contributed by atoms with Crippen molar-refractivity contribution in [3.05, 3.63) is 48.3 Å². The number of methoxy groups -OCH3 is 1. The molecule has 1 N–H and O–H groups in total. The second-order valence-electron chi connectivity index (χ2n) is 5.40. The normalized spacial score (nSPS) is 20.7. The van der Waals surface area contributed by atoms with Gasteiger partial charge in [0.25, 0.3) is 5.91 Å². The van der Waals surface area contributed by atoms with Crippen LogP contribution >= 0.6 is 0 Å². The van der Waals surface area contributed by atoms with Gasteiger partial charge in [-0.1, -0.05) is 0 Å². The molecule has 1 aliphatic rings. The van der Waals surface area contributed by atoms with E-state index in [9.17, 15) is 14.7 Å². The third-order valence-electron chi connectivity index (χ3n) is 4.03. The molecule has 1 aromatic carbocycles. The number of benzene rings is 1. The highest BCUT2D eigenvalue weighted by Crippen LogP contribution is 2.23. The second kappa shape index (κ2) is 6.21. The molecule has 2 heterocycles. The van der Waals surface area contributed by atoms with Crippen molar-refractivity contribution in [1.82, 2.24) is 14.7 Å². The van der Waals surface area contributed by atoms with E-state index in [4.69, 9.17) is 4.74 Å². The van der Waals surface area contributed by atoms with E-state index in [-0.39, 0.29) is 18.6 Å². The summed E-state index contributed by atoms with van der Waals surface area (Å²) in [6.07, 6.45) is 3.54. The standard InChI is InChI=1S/C16H17N3O4/c1-23-13-9-14(16(21)22)18(10-13)15(20)11-3-5-12(6-4-11)19-8-2-7-17-19/h2-8,13-14H,9-10H2,1H3,(H,21,22). The number of carboxylic acids is 1. The molecule has 2 atom stereocenters. The first-order valence-corrected chi connectivity index (χ1v) is 7.27. The Morgan fingerprint density at radius 3 is 2.61 bits per heavy atom. The molecule has 0 radical (unpaired) electrons. The van der Waals surface area contributed by atoms with E-state index in [1.54, 1.807) is 41.3 Å². The summed E-state index contributed by atoms with van der Waals surface area (Å²) in [5.41, 5.74) is 1.28. The molecular weight excluding hydrogens is 298 g/mol. The van der Waals surface area contributed by atoms with E-state index in [1.165, 1.54) is 12.0 Å². The maximum absolute atomic E-state index is 12.6. The predicted octanol–water partition coefficient (Wildman–Crippen LogP) is 1.19. The molecular formula is C16H17N3O4. The number of carbonyl (C=O) groups is 2. The highest BCUT2D eigenvalue weighted by Gasteiger charge is 2.40. The minimum Gasteiger partial charge on any atom is -0.480 e. The quantitative estimate of drug-likeness (QED) is 0.916. The SMILES string of the molecule is COC1CC(C(=O)O)N(C(=O)c2ccc(-n3cccn3)cc2)C1. The Labute approximate surface area is 133 Å². The average molecular weight is 315 g/mol. The topological polar surface area (TPSA) is 84.7 Å². The number of amides is 1. The first-order chi connectivity index (χ1) is 11.1. The zero-order valence-corrected chi connectivity index (χ0v) is 12.6. The lowest BCUT2D eigenvalue weighted by molar-refractivity contribution is -0.141. The van der Waals surface area contributed by atoms with Crippen LogP contribution in [0.15, 0.2) is 42.7 Å². The molecule has 0 aliphatic carbocycles. The molecule has 3 rings (SSSR count). The van der Waals surface area contributed by atoms with E-state index in [1.807, 2.05) is 6.07 Å². The van der Waals surface area contributed by atoms with Crippen LogP contribution in [0, 0.1) is 0 Å². The van der Waals surface area contributed by atoms with E-state index >= 15 is 0 Å². The summed E-state index contributed by atoms with van der Waals surface area (Å²) < 4.78 is 6.89.